The first-order valence-corrected chi connectivity index (χ1v) is 25.5. The summed E-state index contributed by atoms with van der Waals surface area (Å²) in [5, 5.41) is 4.99. The fourth-order valence-corrected chi connectivity index (χ4v) is 11.3. The molecule has 0 fully saturated rings. The minimum atomic E-state index is 1.14. The van der Waals surface area contributed by atoms with E-state index in [-0.39, 0.29) is 0 Å². The largest absolute Gasteiger partial charge is 0.309 e. The van der Waals surface area contributed by atoms with E-state index in [0.717, 1.165) is 5.69 Å². The molecule has 0 aliphatic heterocycles. The summed E-state index contributed by atoms with van der Waals surface area (Å²) in [5.41, 5.74) is 23.9. The Bertz CT molecular complexity index is 4400. The molecular weight excluding hydrogens is 893 g/mol. The third kappa shape index (κ3) is 7.69. The highest BCUT2D eigenvalue weighted by molar-refractivity contribution is 6.13. The van der Waals surface area contributed by atoms with Gasteiger partial charge < -0.3 is 9.13 Å². The molecule has 74 heavy (non-hydrogen) atoms. The van der Waals surface area contributed by atoms with Gasteiger partial charge in [0.25, 0.3) is 0 Å². The first kappa shape index (κ1) is 43.1. The number of rotatable bonds is 9. The van der Waals surface area contributed by atoms with E-state index in [1.807, 2.05) is 0 Å². The molecule has 2 aromatic heterocycles. The van der Waals surface area contributed by atoms with E-state index in [9.17, 15) is 0 Å². The lowest BCUT2D eigenvalue weighted by Crippen LogP contribution is -1.94. The summed E-state index contributed by atoms with van der Waals surface area (Å²) >= 11 is 0. The molecule has 0 unspecified atom stereocenters. The van der Waals surface area contributed by atoms with Gasteiger partial charge in [-0.05, 0) is 163 Å². The number of benzene rings is 12. The molecule has 0 aliphatic carbocycles. The van der Waals surface area contributed by atoms with E-state index < -0.39 is 0 Å². The summed E-state index contributed by atoms with van der Waals surface area (Å²) in [6, 6.07) is 106. The lowest BCUT2D eigenvalue weighted by Gasteiger charge is -2.12. The highest BCUT2D eigenvalue weighted by atomic mass is 15.0. The first-order valence-electron chi connectivity index (χ1n) is 25.5. The monoisotopic (exact) mass is 940 g/mol. The number of hydrogen-bond acceptors (Lipinski definition) is 0. The number of para-hydroxylation sites is 3. The van der Waals surface area contributed by atoms with Gasteiger partial charge >= 0.3 is 0 Å². The van der Waals surface area contributed by atoms with Crippen molar-refractivity contribution in [1.82, 2.24) is 9.13 Å². The molecule has 12 aromatic carbocycles. The summed E-state index contributed by atoms with van der Waals surface area (Å²) < 4.78 is 4.80. The predicted molar refractivity (Wildman–Crippen MR) is 313 cm³/mol. The normalized spacial score (nSPS) is 11.5. The van der Waals surface area contributed by atoms with Crippen molar-refractivity contribution < 1.29 is 0 Å². The van der Waals surface area contributed by atoms with E-state index in [2.05, 4.69) is 300 Å². The highest BCUT2D eigenvalue weighted by Gasteiger charge is 2.17. The molecule has 0 saturated heterocycles. The molecule has 14 rings (SSSR count). The molecule has 2 heterocycles. The number of hydrogen-bond donors (Lipinski definition) is 0. The maximum Gasteiger partial charge on any atom is 0.0541 e. The molecule has 0 aliphatic rings. The van der Waals surface area contributed by atoms with Crippen LogP contribution in [-0.2, 0) is 0 Å². The van der Waals surface area contributed by atoms with Crippen molar-refractivity contribution in [3.05, 3.63) is 291 Å². The lowest BCUT2D eigenvalue weighted by atomic mass is 9.94. The van der Waals surface area contributed by atoms with Crippen LogP contribution in [0.3, 0.4) is 0 Å². The topological polar surface area (TPSA) is 9.86 Å². The lowest BCUT2D eigenvalue weighted by molar-refractivity contribution is 1.18. The molecule has 0 amide bonds. The molecule has 0 radical (unpaired) electrons. The van der Waals surface area contributed by atoms with Gasteiger partial charge in [-0.2, -0.15) is 0 Å². The number of aromatic nitrogens is 2. The molecule has 14 aromatic rings. The molecular formula is C72H48N2. The second kappa shape index (κ2) is 18.1. The predicted octanol–water partition coefficient (Wildman–Crippen LogP) is 19.5. The third-order valence-corrected chi connectivity index (χ3v) is 14.9. The molecule has 346 valence electrons. The van der Waals surface area contributed by atoms with Gasteiger partial charge in [0.05, 0.1) is 22.1 Å². The fraction of sp³-hybridized carbons (Fsp3) is 0. The minimum Gasteiger partial charge on any atom is -0.309 e. The molecule has 0 bridgehead atoms. The summed E-state index contributed by atoms with van der Waals surface area (Å²) in [7, 11) is 0. The van der Waals surface area contributed by atoms with Gasteiger partial charge in [0.2, 0.25) is 0 Å². The van der Waals surface area contributed by atoms with Crippen LogP contribution in [-0.4, -0.2) is 9.13 Å². The Hall–Kier alpha value is -9.76. The Morgan fingerprint density at radius 1 is 0.149 bits per heavy atom. The summed E-state index contributed by atoms with van der Waals surface area (Å²) in [5.74, 6) is 0. The fourth-order valence-electron chi connectivity index (χ4n) is 11.3. The summed E-state index contributed by atoms with van der Waals surface area (Å²) in [6.45, 7) is 0. The van der Waals surface area contributed by atoms with Crippen LogP contribution in [0.1, 0.15) is 0 Å². The van der Waals surface area contributed by atoms with Crippen LogP contribution in [0.5, 0.6) is 0 Å². The minimum absolute atomic E-state index is 1.14. The first-order chi connectivity index (χ1) is 36.7. The van der Waals surface area contributed by atoms with E-state index in [0.29, 0.717) is 0 Å². The molecule has 2 heteroatoms. The van der Waals surface area contributed by atoms with Gasteiger partial charge in [-0.15, -0.1) is 0 Å². The second-order valence-electron chi connectivity index (χ2n) is 19.3. The number of nitrogens with zero attached hydrogens (tertiary/aromatic N) is 2. The molecule has 0 N–H and O–H groups in total. The van der Waals surface area contributed by atoms with Crippen molar-refractivity contribution in [2.24, 2.45) is 0 Å². The average Bonchev–Trinajstić information content (AvgIpc) is 4.02. The van der Waals surface area contributed by atoms with Crippen molar-refractivity contribution in [2.45, 2.75) is 0 Å². The highest BCUT2D eigenvalue weighted by Crippen LogP contribution is 2.40. The molecule has 2 nitrogen and oxygen atoms in total. The Morgan fingerprint density at radius 3 is 0.865 bits per heavy atom. The van der Waals surface area contributed by atoms with Crippen LogP contribution in [0.15, 0.2) is 291 Å². The second-order valence-corrected chi connectivity index (χ2v) is 19.3. The smallest absolute Gasteiger partial charge is 0.0541 e. The van der Waals surface area contributed by atoms with E-state index in [1.54, 1.807) is 0 Å². The van der Waals surface area contributed by atoms with Gasteiger partial charge in [0.15, 0.2) is 0 Å². The molecule has 0 atom stereocenters. The quantitative estimate of drug-likeness (QED) is 0.136. The van der Waals surface area contributed by atoms with Crippen molar-refractivity contribution >= 4 is 43.6 Å². The Labute approximate surface area is 431 Å². The maximum absolute atomic E-state index is 2.42. The van der Waals surface area contributed by atoms with Crippen molar-refractivity contribution in [2.75, 3.05) is 0 Å². The zero-order valence-electron chi connectivity index (χ0n) is 40.6. The van der Waals surface area contributed by atoms with Gasteiger partial charge in [-0.3, -0.25) is 0 Å². The molecule has 0 spiro atoms. The van der Waals surface area contributed by atoms with Gasteiger partial charge in [0.1, 0.15) is 0 Å². The number of fused-ring (bicyclic) bond motifs is 6. The Balaban J connectivity index is 0.748. The standard InChI is InChI=1S/C72H48N2/c1-3-16-49(17-4-1)52-18-11-21-55(42-52)57-23-14-24-58(45-57)56-22-12-19-53(43-56)50-34-36-51(37-35-50)54-20-13-25-59(44-54)60-26-15-29-64(46-60)74-70-33-10-8-31-66(70)68-48-62(39-41-72(68)74)61-38-40-71-67(47-61)65-30-7-9-32-69(65)73(71)63-27-5-2-6-28-63/h1-48H. The van der Waals surface area contributed by atoms with Gasteiger partial charge in [-0.25, -0.2) is 0 Å². The van der Waals surface area contributed by atoms with Crippen molar-refractivity contribution in [3.8, 4) is 89.3 Å². The summed E-state index contributed by atoms with van der Waals surface area (Å²) in [4.78, 5) is 0. The van der Waals surface area contributed by atoms with Crippen molar-refractivity contribution in [3.63, 3.8) is 0 Å². The van der Waals surface area contributed by atoms with Crippen LogP contribution >= 0.6 is 0 Å². The van der Waals surface area contributed by atoms with E-state index in [4.69, 9.17) is 0 Å². The van der Waals surface area contributed by atoms with Crippen molar-refractivity contribution in [1.29, 1.82) is 0 Å². The van der Waals surface area contributed by atoms with Crippen LogP contribution in [0.2, 0.25) is 0 Å². The van der Waals surface area contributed by atoms with Gasteiger partial charge in [0, 0.05) is 32.9 Å². The van der Waals surface area contributed by atoms with Crippen LogP contribution in [0.25, 0.3) is 133 Å². The zero-order valence-corrected chi connectivity index (χ0v) is 40.6. The maximum atomic E-state index is 2.42. The third-order valence-electron chi connectivity index (χ3n) is 14.9. The SMILES string of the molecule is c1ccc(-c2cccc(-c3cccc(-c4cccc(-c5ccc(-c6cccc(-c7cccc(-n8c9ccccc9c9cc(-c%10ccc%11c(c%10)c%10ccccc%10n%11-c%10ccccc%10)ccc98)c7)c6)cc5)c4)c3)c2)cc1. The van der Waals surface area contributed by atoms with E-state index in [1.165, 1.54) is 127 Å². The summed E-state index contributed by atoms with van der Waals surface area (Å²) in [6.07, 6.45) is 0. The van der Waals surface area contributed by atoms with Gasteiger partial charge in [-0.1, -0.05) is 206 Å². The Morgan fingerprint density at radius 2 is 0.419 bits per heavy atom. The molecule has 0 saturated carbocycles. The average molecular weight is 941 g/mol. The van der Waals surface area contributed by atoms with E-state index >= 15 is 0 Å². The van der Waals surface area contributed by atoms with Crippen LogP contribution < -0.4 is 0 Å². The van der Waals surface area contributed by atoms with Crippen LogP contribution in [0.4, 0.5) is 0 Å². The Kier molecular flexibility index (Phi) is 10.6. The zero-order chi connectivity index (χ0) is 49.0. The van der Waals surface area contributed by atoms with Crippen LogP contribution in [0, 0.1) is 0 Å².